The Labute approximate surface area is 108 Å². The number of nitrogens with one attached hydrogen (secondary N) is 1. The number of hydrogen-bond donors (Lipinski definition) is 2. The molecule has 0 aliphatic carbocycles. The molecule has 0 spiro atoms. The quantitative estimate of drug-likeness (QED) is 0.851. The second-order valence-electron chi connectivity index (χ2n) is 3.91. The molecule has 0 saturated carbocycles. The van der Waals surface area contributed by atoms with Crippen LogP contribution in [0.15, 0.2) is 33.3 Å². The number of nitrogens with zero attached hydrogens (tertiary/aromatic N) is 1. The van der Waals surface area contributed by atoms with Crippen molar-refractivity contribution in [3.63, 3.8) is 0 Å². The van der Waals surface area contributed by atoms with Gasteiger partial charge in [-0.25, -0.2) is 4.98 Å². The van der Waals surface area contributed by atoms with Gasteiger partial charge in [0.15, 0.2) is 0 Å². The Hall–Kier alpha value is -1.49. The highest BCUT2D eigenvalue weighted by molar-refractivity contribution is 9.10. The molecule has 0 amide bonds. The van der Waals surface area contributed by atoms with Gasteiger partial charge in [-0.05, 0) is 32.0 Å². The molecule has 1 aromatic carbocycles. The predicted molar refractivity (Wildman–Crippen MR) is 71.8 cm³/mol. The highest BCUT2D eigenvalue weighted by atomic mass is 79.9. The van der Waals surface area contributed by atoms with Crippen LogP contribution in [-0.2, 0) is 0 Å². The molecule has 1 aromatic heterocycles. The minimum absolute atomic E-state index is 0.0211. The zero-order valence-electron chi connectivity index (χ0n) is 9.70. The van der Waals surface area contributed by atoms with Gasteiger partial charge in [-0.1, -0.05) is 15.9 Å². The molecular weight excluding hydrogens is 282 g/mol. The second kappa shape index (κ2) is 4.79. The first-order valence-electron chi connectivity index (χ1n) is 5.30. The summed E-state index contributed by atoms with van der Waals surface area (Å²) in [5.74, 6) is 1.46. The summed E-state index contributed by atoms with van der Waals surface area (Å²) in [6.45, 7) is 3.85. The van der Waals surface area contributed by atoms with Gasteiger partial charge < -0.3 is 15.5 Å². The molecule has 3 N–H and O–H groups in total. The van der Waals surface area contributed by atoms with Gasteiger partial charge in [0, 0.05) is 4.47 Å². The third-order valence-corrected chi connectivity index (χ3v) is 2.89. The maximum Gasteiger partial charge on any atom is 0.216 e. The van der Waals surface area contributed by atoms with E-state index in [1.54, 1.807) is 6.20 Å². The van der Waals surface area contributed by atoms with Crippen molar-refractivity contribution in [3.8, 4) is 0 Å². The molecule has 0 saturated heterocycles. The van der Waals surface area contributed by atoms with Crippen LogP contribution in [0.1, 0.15) is 24.6 Å². The normalized spacial score (nSPS) is 12.4. The third kappa shape index (κ3) is 2.79. The first-order valence-corrected chi connectivity index (χ1v) is 6.09. The van der Waals surface area contributed by atoms with Crippen LogP contribution in [0, 0.1) is 6.92 Å². The lowest BCUT2D eigenvalue weighted by Crippen LogP contribution is -2.08. The maximum atomic E-state index is 5.91. The summed E-state index contributed by atoms with van der Waals surface area (Å²) in [6, 6.07) is 5.69. The van der Waals surface area contributed by atoms with E-state index in [0.29, 0.717) is 11.6 Å². The topological polar surface area (TPSA) is 64.1 Å². The number of anilines is 2. The largest absolute Gasteiger partial charge is 0.444 e. The van der Waals surface area contributed by atoms with E-state index in [2.05, 4.69) is 26.2 Å². The number of nitrogens with two attached hydrogens (primary N) is 1. The molecule has 5 heteroatoms. The van der Waals surface area contributed by atoms with Crippen molar-refractivity contribution in [1.29, 1.82) is 0 Å². The monoisotopic (exact) mass is 295 g/mol. The summed E-state index contributed by atoms with van der Waals surface area (Å²) in [6.07, 6.45) is 1.71. The third-order valence-electron chi connectivity index (χ3n) is 2.40. The molecule has 1 unspecified atom stereocenters. The van der Waals surface area contributed by atoms with E-state index in [0.717, 1.165) is 15.9 Å². The van der Waals surface area contributed by atoms with Gasteiger partial charge in [-0.2, -0.15) is 0 Å². The van der Waals surface area contributed by atoms with Crippen molar-refractivity contribution in [1.82, 2.24) is 4.98 Å². The summed E-state index contributed by atoms with van der Waals surface area (Å²) in [5.41, 5.74) is 7.47. The molecule has 1 heterocycles. The number of aromatic nitrogens is 1. The minimum Gasteiger partial charge on any atom is -0.444 e. The van der Waals surface area contributed by atoms with Gasteiger partial charge in [0.1, 0.15) is 11.8 Å². The van der Waals surface area contributed by atoms with Crippen LogP contribution in [0.2, 0.25) is 0 Å². The molecule has 0 fully saturated rings. The van der Waals surface area contributed by atoms with Crippen molar-refractivity contribution >= 4 is 27.3 Å². The van der Waals surface area contributed by atoms with Gasteiger partial charge in [-0.3, -0.25) is 0 Å². The molecule has 90 valence electrons. The number of oxazole rings is 1. The smallest absolute Gasteiger partial charge is 0.216 e. The maximum absolute atomic E-state index is 5.91. The average Bonchev–Trinajstić information content (AvgIpc) is 2.69. The van der Waals surface area contributed by atoms with Crippen molar-refractivity contribution in [2.45, 2.75) is 19.9 Å². The zero-order chi connectivity index (χ0) is 12.4. The summed E-state index contributed by atoms with van der Waals surface area (Å²) < 4.78 is 6.42. The fourth-order valence-electron chi connectivity index (χ4n) is 1.53. The van der Waals surface area contributed by atoms with Gasteiger partial charge in [-0.15, -0.1) is 0 Å². The van der Waals surface area contributed by atoms with Crippen molar-refractivity contribution < 1.29 is 4.42 Å². The molecule has 1 atom stereocenters. The average molecular weight is 296 g/mol. The highest BCUT2D eigenvalue weighted by Crippen LogP contribution is 2.26. The predicted octanol–water partition coefficient (Wildman–Crippen LogP) is 3.50. The number of hydrogen-bond acceptors (Lipinski definition) is 4. The molecule has 4 nitrogen and oxygen atoms in total. The highest BCUT2D eigenvalue weighted by Gasteiger charge is 2.12. The van der Waals surface area contributed by atoms with Gasteiger partial charge in [0.05, 0.1) is 17.6 Å². The van der Waals surface area contributed by atoms with Crippen molar-refractivity contribution in [2.75, 3.05) is 11.1 Å². The first kappa shape index (κ1) is 12.0. The lowest BCUT2D eigenvalue weighted by atomic mass is 10.2. The lowest BCUT2D eigenvalue weighted by molar-refractivity contribution is 0.454. The molecule has 2 rings (SSSR count). The molecular formula is C12H14BrN3O. The fraction of sp³-hybridized carbons (Fsp3) is 0.250. The lowest BCUT2D eigenvalue weighted by Gasteiger charge is -2.14. The molecule has 2 aromatic rings. The molecule has 0 aliphatic rings. The van der Waals surface area contributed by atoms with Crippen LogP contribution in [0.5, 0.6) is 0 Å². The standard InChI is InChI=1S/C12H14BrN3O/c1-7-6-15-12(17-7)8(2)16-11-4-3-9(13)5-10(11)14/h3-6,8,16H,14H2,1-2H3. The van der Waals surface area contributed by atoms with E-state index in [1.165, 1.54) is 0 Å². The van der Waals surface area contributed by atoms with Crippen molar-refractivity contribution in [3.05, 3.63) is 40.5 Å². The van der Waals surface area contributed by atoms with Crippen LogP contribution in [0.4, 0.5) is 11.4 Å². The Morgan fingerprint density at radius 1 is 1.47 bits per heavy atom. The molecule has 0 aliphatic heterocycles. The fourth-order valence-corrected chi connectivity index (χ4v) is 1.91. The first-order chi connectivity index (χ1) is 8.06. The number of halogens is 1. The van der Waals surface area contributed by atoms with E-state index in [-0.39, 0.29) is 6.04 Å². The molecule has 0 bridgehead atoms. The summed E-state index contributed by atoms with van der Waals surface area (Å²) in [5, 5.41) is 3.26. The van der Waals surface area contributed by atoms with Crippen LogP contribution >= 0.6 is 15.9 Å². The van der Waals surface area contributed by atoms with Crippen molar-refractivity contribution in [2.24, 2.45) is 0 Å². The van der Waals surface area contributed by atoms with E-state index >= 15 is 0 Å². The number of rotatable bonds is 3. The zero-order valence-corrected chi connectivity index (χ0v) is 11.3. The summed E-state index contributed by atoms with van der Waals surface area (Å²) in [7, 11) is 0. The molecule has 0 radical (unpaired) electrons. The van der Waals surface area contributed by atoms with Gasteiger partial charge in [0.25, 0.3) is 0 Å². The van der Waals surface area contributed by atoms with E-state index in [4.69, 9.17) is 10.2 Å². The number of benzene rings is 1. The Morgan fingerprint density at radius 3 is 2.82 bits per heavy atom. The summed E-state index contributed by atoms with van der Waals surface area (Å²) in [4.78, 5) is 4.18. The second-order valence-corrected chi connectivity index (χ2v) is 4.82. The summed E-state index contributed by atoms with van der Waals surface area (Å²) >= 11 is 3.37. The molecule has 17 heavy (non-hydrogen) atoms. The van der Waals surface area contributed by atoms with Crippen LogP contribution in [0.3, 0.4) is 0 Å². The Balaban J connectivity index is 2.15. The Kier molecular flexibility index (Phi) is 3.38. The Morgan fingerprint density at radius 2 is 2.24 bits per heavy atom. The van der Waals surface area contributed by atoms with E-state index in [9.17, 15) is 0 Å². The van der Waals surface area contributed by atoms with Gasteiger partial charge >= 0.3 is 0 Å². The van der Waals surface area contributed by atoms with E-state index < -0.39 is 0 Å². The number of aryl methyl sites for hydroxylation is 1. The van der Waals surface area contributed by atoms with Crippen LogP contribution in [-0.4, -0.2) is 4.98 Å². The van der Waals surface area contributed by atoms with Crippen LogP contribution < -0.4 is 11.1 Å². The van der Waals surface area contributed by atoms with E-state index in [1.807, 2.05) is 32.0 Å². The number of nitrogen functional groups attached to an aromatic ring is 1. The van der Waals surface area contributed by atoms with Gasteiger partial charge in [0.2, 0.25) is 5.89 Å². The minimum atomic E-state index is -0.0211. The van der Waals surface area contributed by atoms with Crippen LogP contribution in [0.25, 0.3) is 0 Å². The SMILES string of the molecule is Cc1cnc(C(C)Nc2ccc(Br)cc2N)o1. The Bertz CT molecular complexity index is 524.